The van der Waals surface area contributed by atoms with Gasteiger partial charge in [-0.05, 0) is 74.1 Å². The SMILES string of the molecule is CC1CCC(Nc2nc(N(C)C)c3ccccc3n2)CC1.CCc1ccc(SC)cc1Cl. The van der Waals surface area contributed by atoms with Gasteiger partial charge in [-0.1, -0.05) is 43.6 Å². The summed E-state index contributed by atoms with van der Waals surface area (Å²) in [6, 6.07) is 14.9. The smallest absolute Gasteiger partial charge is 0.225 e. The minimum Gasteiger partial charge on any atom is -0.362 e. The maximum Gasteiger partial charge on any atom is 0.225 e. The van der Waals surface area contributed by atoms with E-state index in [1.54, 1.807) is 11.8 Å². The van der Waals surface area contributed by atoms with Crippen LogP contribution in [-0.4, -0.2) is 36.4 Å². The lowest BCUT2D eigenvalue weighted by molar-refractivity contribution is 0.360. The number of nitrogens with one attached hydrogen (secondary N) is 1. The Balaban J connectivity index is 0.000000222. The quantitative estimate of drug-likeness (QED) is 0.396. The van der Waals surface area contributed by atoms with Crippen molar-refractivity contribution in [1.82, 2.24) is 9.97 Å². The van der Waals surface area contributed by atoms with Gasteiger partial charge in [0.25, 0.3) is 0 Å². The van der Waals surface area contributed by atoms with E-state index in [1.807, 2.05) is 32.3 Å². The number of hydrogen-bond acceptors (Lipinski definition) is 5. The van der Waals surface area contributed by atoms with E-state index in [2.05, 4.69) is 59.6 Å². The van der Waals surface area contributed by atoms with E-state index in [0.717, 1.165) is 40.0 Å². The van der Waals surface area contributed by atoms with Crippen molar-refractivity contribution in [3.63, 3.8) is 0 Å². The second-order valence-electron chi connectivity index (χ2n) is 8.69. The van der Waals surface area contributed by atoms with Crippen LogP contribution >= 0.6 is 23.4 Å². The number of nitrogens with zero attached hydrogens (tertiary/aromatic N) is 3. The van der Waals surface area contributed by atoms with Crippen LogP contribution in [0.4, 0.5) is 11.8 Å². The fourth-order valence-corrected chi connectivity index (χ4v) is 4.81. The minimum atomic E-state index is 0.511. The van der Waals surface area contributed by atoms with Gasteiger partial charge in [0.1, 0.15) is 5.82 Å². The average molecular weight is 471 g/mol. The second kappa shape index (κ2) is 11.8. The first-order valence-electron chi connectivity index (χ1n) is 11.4. The van der Waals surface area contributed by atoms with E-state index >= 15 is 0 Å². The Morgan fingerprint density at radius 3 is 2.41 bits per heavy atom. The van der Waals surface area contributed by atoms with Gasteiger partial charge in [0, 0.05) is 35.4 Å². The van der Waals surface area contributed by atoms with Crippen molar-refractivity contribution in [2.45, 2.75) is 56.9 Å². The lowest BCUT2D eigenvalue weighted by Gasteiger charge is -2.27. The third-order valence-electron chi connectivity index (χ3n) is 6.00. The molecule has 1 aliphatic rings. The number of halogens is 1. The zero-order chi connectivity index (χ0) is 23.1. The molecule has 1 fully saturated rings. The van der Waals surface area contributed by atoms with Crippen LogP contribution < -0.4 is 10.2 Å². The number of benzene rings is 2. The molecule has 0 aliphatic heterocycles. The Bertz CT molecular complexity index is 1020. The average Bonchev–Trinajstić information content (AvgIpc) is 2.80. The normalized spacial score (nSPS) is 18.1. The molecular weight excluding hydrogens is 436 g/mol. The topological polar surface area (TPSA) is 41.1 Å². The molecule has 1 N–H and O–H groups in total. The fraction of sp³-hybridized carbons (Fsp3) is 0.462. The predicted molar refractivity (Wildman–Crippen MR) is 142 cm³/mol. The highest BCUT2D eigenvalue weighted by atomic mass is 35.5. The molecule has 4 nitrogen and oxygen atoms in total. The monoisotopic (exact) mass is 470 g/mol. The number of aromatic nitrogens is 2. The first-order chi connectivity index (χ1) is 15.4. The summed E-state index contributed by atoms with van der Waals surface area (Å²) in [5, 5.41) is 5.53. The van der Waals surface area contributed by atoms with Gasteiger partial charge in [-0.2, -0.15) is 4.98 Å². The van der Waals surface area contributed by atoms with E-state index in [-0.39, 0.29) is 0 Å². The van der Waals surface area contributed by atoms with Crippen molar-refractivity contribution >= 4 is 46.0 Å². The molecule has 0 atom stereocenters. The second-order valence-corrected chi connectivity index (χ2v) is 9.98. The van der Waals surface area contributed by atoms with Crippen LogP contribution in [0.25, 0.3) is 10.9 Å². The molecule has 4 rings (SSSR count). The number of anilines is 2. The Morgan fingerprint density at radius 1 is 1.06 bits per heavy atom. The van der Waals surface area contributed by atoms with E-state index < -0.39 is 0 Å². The van der Waals surface area contributed by atoms with E-state index in [0.29, 0.717) is 6.04 Å². The standard InChI is InChI=1S/C17H24N4.C9H11ClS/c1-12-8-10-13(11-9-12)18-17-19-15-7-5-4-6-14(15)16(20-17)21(2)3;1-3-7-4-5-8(11-2)6-9(7)10/h4-7,12-13H,8-11H2,1-3H3,(H,18,19,20);4-6H,3H2,1-2H3. The summed E-state index contributed by atoms with van der Waals surface area (Å²) in [5.74, 6) is 2.60. The number of thioether (sulfide) groups is 1. The third-order valence-corrected chi connectivity index (χ3v) is 7.07. The molecule has 0 unspecified atom stereocenters. The van der Waals surface area contributed by atoms with Gasteiger partial charge in [0.2, 0.25) is 5.95 Å². The van der Waals surface area contributed by atoms with Crippen molar-refractivity contribution in [2.75, 3.05) is 30.6 Å². The molecule has 0 radical (unpaired) electrons. The lowest BCUT2D eigenvalue weighted by atomic mass is 9.87. The highest BCUT2D eigenvalue weighted by Gasteiger charge is 2.19. The molecule has 172 valence electrons. The molecule has 2 aromatic carbocycles. The molecule has 0 amide bonds. The molecule has 32 heavy (non-hydrogen) atoms. The minimum absolute atomic E-state index is 0.511. The zero-order valence-electron chi connectivity index (χ0n) is 19.9. The van der Waals surface area contributed by atoms with Crippen LogP contribution in [0.5, 0.6) is 0 Å². The summed E-state index contributed by atoms with van der Waals surface area (Å²) in [7, 11) is 4.06. The molecule has 1 heterocycles. The number of aryl methyl sites for hydroxylation is 1. The van der Waals surface area contributed by atoms with Crippen molar-refractivity contribution in [3.8, 4) is 0 Å². The van der Waals surface area contributed by atoms with Gasteiger partial charge < -0.3 is 10.2 Å². The third kappa shape index (κ3) is 6.52. The van der Waals surface area contributed by atoms with Crippen LogP contribution in [0.2, 0.25) is 5.02 Å². The maximum atomic E-state index is 5.99. The summed E-state index contributed by atoms with van der Waals surface area (Å²) in [5.41, 5.74) is 2.23. The van der Waals surface area contributed by atoms with Crippen LogP contribution in [0.1, 0.15) is 45.1 Å². The van der Waals surface area contributed by atoms with Gasteiger partial charge in [-0.15, -0.1) is 11.8 Å². The number of fused-ring (bicyclic) bond motifs is 1. The van der Waals surface area contributed by atoms with Crippen LogP contribution in [0, 0.1) is 5.92 Å². The Hall–Kier alpha value is -1.98. The van der Waals surface area contributed by atoms with Crippen molar-refractivity contribution in [1.29, 1.82) is 0 Å². The first-order valence-corrected chi connectivity index (χ1v) is 13.0. The predicted octanol–water partition coefficient (Wildman–Crippen LogP) is 7.31. The van der Waals surface area contributed by atoms with Gasteiger partial charge in [-0.3, -0.25) is 0 Å². The molecule has 3 aromatic rings. The maximum absolute atomic E-state index is 5.99. The van der Waals surface area contributed by atoms with Gasteiger partial charge in [0.15, 0.2) is 0 Å². The molecule has 6 heteroatoms. The number of rotatable bonds is 5. The van der Waals surface area contributed by atoms with Crippen molar-refractivity contribution in [2.24, 2.45) is 5.92 Å². The Kier molecular flexibility index (Phi) is 9.06. The summed E-state index contributed by atoms with van der Waals surface area (Å²) in [6.07, 6.45) is 8.09. The van der Waals surface area contributed by atoms with E-state index in [1.165, 1.54) is 36.1 Å². The molecular formula is C26H35ClN4S. The number of para-hydroxylation sites is 1. The van der Waals surface area contributed by atoms with Crippen LogP contribution in [-0.2, 0) is 6.42 Å². The first kappa shape index (κ1) is 24.7. The molecule has 1 aromatic heterocycles. The number of hydrogen-bond donors (Lipinski definition) is 1. The molecule has 0 bridgehead atoms. The highest BCUT2D eigenvalue weighted by molar-refractivity contribution is 7.98. The molecule has 1 aliphatic carbocycles. The van der Waals surface area contributed by atoms with Crippen LogP contribution in [0.3, 0.4) is 0 Å². The largest absolute Gasteiger partial charge is 0.362 e. The Morgan fingerprint density at radius 2 is 1.78 bits per heavy atom. The fourth-order valence-electron chi connectivity index (χ4n) is 3.99. The van der Waals surface area contributed by atoms with Gasteiger partial charge >= 0.3 is 0 Å². The summed E-state index contributed by atoms with van der Waals surface area (Å²) in [6.45, 7) is 4.45. The molecule has 0 saturated heterocycles. The van der Waals surface area contributed by atoms with Crippen molar-refractivity contribution in [3.05, 3.63) is 53.1 Å². The summed E-state index contributed by atoms with van der Waals surface area (Å²) >= 11 is 7.71. The van der Waals surface area contributed by atoms with Gasteiger partial charge in [-0.25, -0.2) is 4.98 Å². The van der Waals surface area contributed by atoms with Crippen LogP contribution in [0.15, 0.2) is 47.4 Å². The van der Waals surface area contributed by atoms with Gasteiger partial charge in [0.05, 0.1) is 5.52 Å². The summed E-state index contributed by atoms with van der Waals surface area (Å²) < 4.78 is 0. The molecule has 0 spiro atoms. The summed E-state index contributed by atoms with van der Waals surface area (Å²) in [4.78, 5) is 12.7. The zero-order valence-corrected chi connectivity index (χ0v) is 21.4. The van der Waals surface area contributed by atoms with E-state index in [4.69, 9.17) is 16.6 Å². The Labute approximate surface area is 202 Å². The highest BCUT2D eigenvalue weighted by Crippen LogP contribution is 2.28. The lowest BCUT2D eigenvalue weighted by Crippen LogP contribution is -2.26. The van der Waals surface area contributed by atoms with E-state index in [9.17, 15) is 0 Å². The van der Waals surface area contributed by atoms with Crippen molar-refractivity contribution < 1.29 is 0 Å². The molecule has 1 saturated carbocycles.